The second-order valence-corrected chi connectivity index (χ2v) is 5.48. The van der Waals surface area contributed by atoms with Crippen molar-refractivity contribution in [1.82, 2.24) is 10.3 Å². The highest BCUT2D eigenvalue weighted by molar-refractivity contribution is 6.03. The summed E-state index contributed by atoms with van der Waals surface area (Å²) < 4.78 is 0. The molecule has 0 bridgehead atoms. The molecule has 2 N–H and O–H groups in total. The lowest BCUT2D eigenvalue weighted by Crippen LogP contribution is -2.32. The quantitative estimate of drug-likeness (QED) is 0.777. The van der Waals surface area contributed by atoms with Gasteiger partial charge in [0, 0.05) is 17.1 Å². The van der Waals surface area contributed by atoms with Crippen LogP contribution in [0.4, 0.5) is 5.69 Å². The smallest absolute Gasteiger partial charge is 0.251 e. The molecule has 0 atom stereocenters. The van der Waals surface area contributed by atoms with Gasteiger partial charge in [-0.1, -0.05) is 35.9 Å². The summed E-state index contributed by atoms with van der Waals surface area (Å²) in [7, 11) is 0. The van der Waals surface area contributed by atoms with Gasteiger partial charge in [-0.15, -0.1) is 0 Å². The maximum atomic E-state index is 12.1. The van der Waals surface area contributed by atoms with Gasteiger partial charge in [0.15, 0.2) is 0 Å². The van der Waals surface area contributed by atoms with E-state index in [1.807, 2.05) is 43.3 Å². The molecule has 0 radical (unpaired) electrons. The molecule has 0 unspecified atom stereocenters. The molecule has 1 aromatic heterocycles. The highest BCUT2D eigenvalue weighted by atomic mass is 16.2. The van der Waals surface area contributed by atoms with Crippen molar-refractivity contribution in [2.75, 3.05) is 11.9 Å². The number of para-hydroxylation sites is 1. The fourth-order valence-electron chi connectivity index (χ4n) is 2.45. The standard InChI is InChI=1S/C19H17N3O2/c1-13-5-2-7-15(11-13)19(24)21-12-17(23)22-16-9-3-6-14-8-4-10-20-18(14)16/h2-11H,12H2,1H3,(H,21,24)(H,22,23). The van der Waals surface area contributed by atoms with Crippen molar-refractivity contribution in [2.24, 2.45) is 0 Å². The minimum atomic E-state index is -0.297. The first-order valence-electron chi connectivity index (χ1n) is 7.62. The number of carbonyl (C=O) groups excluding carboxylic acids is 2. The van der Waals surface area contributed by atoms with Crippen molar-refractivity contribution in [2.45, 2.75) is 6.92 Å². The first kappa shape index (κ1) is 15.7. The lowest BCUT2D eigenvalue weighted by molar-refractivity contribution is -0.115. The Hall–Kier alpha value is -3.21. The molecular formula is C19H17N3O2. The molecule has 5 nitrogen and oxygen atoms in total. The SMILES string of the molecule is Cc1cccc(C(=O)NCC(=O)Nc2cccc3cccnc23)c1. The predicted molar refractivity (Wildman–Crippen MR) is 93.9 cm³/mol. The molecule has 3 aromatic rings. The molecular weight excluding hydrogens is 302 g/mol. The Balaban J connectivity index is 1.64. The minimum Gasteiger partial charge on any atom is -0.343 e. The maximum absolute atomic E-state index is 12.1. The van der Waals surface area contributed by atoms with E-state index in [0.717, 1.165) is 16.5 Å². The van der Waals surface area contributed by atoms with Gasteiger partial charge >= 0.3 is 0 Å². The molecule has 0 saturated heterocycles. The highest BCUT2D eigenvalue weighted by Crippen LogP contribution is 2.20. The van der Waals surface area contributed by atoms with Gasteiger partial charge in [0.25, 0.3) is 5.91 Å². The van der Waals surface area contributed by atoms with Crippen LogP contribution in [0.5, 0.6) is 0 Å². The monoisotopic (exact) mass is 319 g/mol. The van der Waals surface area contributed by atoms with Gasteiger partial charge in [0.1, 0.15) is 0 Å². The number of nitrogens with one attached hydrogen (secondary N) is 2. The third-order valence-electron chi connectivity index (χ3n) is 3.60. The molecule has 0 aliphatic heterocycles. The Bertz CT molecular complexity index is 901. The van der Waals surface area contributed by atoms with Gasteiger partial charge in [-0.2, -0.15) is 0 Å². The summed E-state index contributed by atoms with van der Waals surface area (Å²) >= 11 is 0. The Morgan fingerprint density at radius 1 is 1.04 bits per heavy atom. The molecule has 0 fully saturated rings. The minimum absolute atomic E-state index is 0.101. The number of hydrogen-bond donors (Lipinski definition) is 2. The highest BCUT2D eigenvalue weighted by Gasteiger charge is 2.10. The van der Waals surface area contributed by atoms with E-state index in [9.17, 15) is 9.59 Å². The number of rotatable bonds is 4. The summed E-state index contributed by atoms with van der Waals surface area (Å²) in [6, 6.07) is 16.6. The first-order chi connectivity index (χ1) is 11.6. The van der Waals surface area contributed by atoms with Crippen LogP contribution in [-0.2, 0) is 4.79 Å². The van der Waals surface area contributed by atoms with E-state index in [0.29, 0.717) is 11.3 Å². The number of aryl methyl sites for hydroxylation is 1. The van der Waals surface area contributed by atoms with Gasteiger partial charge in [0.2, 0.25) is 5.91 Å². The zero-order valence-electron chi connectivity index (χ0n) is 13.2. The Kier molecular flexibility index (Phi) is 4.52. The summed E-state index contributed by atoms with van der Waals surface area (Å²) in [6.07, 6.45) is 1.68. The van der Waals surface area contributed by atoms with Crippen molar-refractivity contribution in [3.63, 3.8) is 0 Å². The van der Waals surface area contributed by atoms with E-state index < -0.39 is 0 Å². The third kappa shape index (κ3) is 3.57. The van der Waals surface area contributed by atoms with Crippen LogP contribution in [0.25, 0.3) is 10.9 Å². The second kappa shape index (κ2) is 6.91. The summed E-state index contributed by atoms with van der Waals surface area (Å²) in [6.45, 7) is 1.81. The summed E-state index contributed by atoms with van der Waals surface area (Å²) in [5, 5.41) is 6.35. The first-order valence-corrected chi connectivity index (χ1v) is 7.62. The van der Waals surface area contributed by atoms with Crippen LogP contribution in [0, 0.1) is 6.92 Å². The van der Waals surface area contributed by atoms with Gasteiger partial charge < -0.3 is 10.6 Å². The summed E-state index contributed by atoms with van der Waals surface area (Å²) in [5.74, 6) is -0.570. The van der Waals surface area contributed by atoms with Crippen molar-refractivity contribution in [3.05, 3.63) is 71.9 Å². The average Bonchev–Trinajstić information content (AvgIpc) is 2.60. The summed E-state index contributed by atoms with van der Waals surface area (Å²) in [4.78, 5) is 28.5. The fourth-order valence-corrected chi connectivity index (χ4v) is 2.45. The Morgan fingerprint density at radius 2 is 1.83 bits per heavy atom. The van der Waals surface area contributed by atoms with Crippen LogP contribution in [0.2, 0.25) is 0 Å². The van der Waals surface area contributed by atoms with Crippen LogP contribution < -0.4 is 10.6 Å². The molecule has 0 spiro atoms. The number of amides is 2. The molecule has 1 heterocycles. The van der Waals surface area contributed by atoms with Gasteiger partial charge in [-0.05, 0) is 31.2 Å². The molecule has 2 amide bonds. The number of fused-ring (bicyclic) bond motifs is 1. The van der Waals surface area contributed by atoms with Crippen LogP contribution >= 0.6 is 0 Å². The van der Waals surface area contributed by atoms with Crippen LogP contribution in [-0.4, -0.2) is 23.3 Å². The van der Waals surface area contributed by atoms with Gasteiger partial charge in [-0.25, -0.2) is 0 Å². The number of carbonyl (C=O) groups is 2. The fraction of sp³-hybridized carbons (Fsp3) is 0.105. The Morgan fingerprint density at radius 3 is 2.67 bits per heavy atom. The molecule has 24 heavy (non-hydrogen) atoms. The van der Waals surface area contributed by atoms with E-state index >= 15 is 0 Å². The van der Waals surface area contributed by atoms with E-state index in [2.05, 4.69) is 15.6 Å². The van der Waals surface area contributed by atoms with Crippen LogP contribution in [0.1, 0.15) is 15.9 Å². The second-order valence-electron chi connectivity index (χ2n) is 5.48. The van der Waals surface area contributed by atoms with Crippen LogP contribution in [0.15, 0.2) is 60.8 Å². The average molecular weight is 319 g/mol. The van der Waals surface area contributed by atoms with Crippen molar-refractivity contribution in [1.29, 1.82) is 0 Å². The maximum Gasteiger partial charge on any atom is 0.251 e. The van der Waals surface area contributed by atoms with Crippen molar-refractivity contribution < 1.29 is 9.59 Å². The zero-order chi connectivity index (χ0) is 16.9. The molecule has 3 rings (SSSR count). The van der Waals surface area contributed by atoms with Gasteiger partial charge in [-0.3, -0.25) is 14.6 Å². The molecule has 120 valence electrons. The molecule has 2 aromatic carbocycles. The topological polar surface area (TPSA) is 71.1 Å². The lowest BCUT2D eigenvalue weighted by Gasteiger charge is -2.09. The summed E-state index contributed by atoms with van der Waals surface area (Å²) in [5.41, 5.74) is 2.88. The normalized spacial score (nSPS) is 10.4. The third-order valence-corrected chi connectivity index (χ3v) is 3.60. The molecule has 0 saturated carbocycles. The van der Waals surface area contributed by atoms with E-state index in [4.69, 9.17) is 0 Å². The number of anilines is 1. The van der Waals surface area contributed by atoms with Crippen LogP contribution in [0.3, 0.4) is 0 Å². The van der Waals surface area contributed by atoms with E-state index in [-0.39, 0.29) is 18.4 Å². The van der Waals surface area contributed by atoms with E-state index in [1.165, 1.54) is 0 Å². The van der Waals surface area contributed by atoms with Crippen molar-refractivity contribution >= 4 is 28.4 Å². The zero-order valence-corrected chi connectivity index (χ0v) is 13.2. The van der Waals surface area contributed by atoms with Gasteiger partial charge in [0.05, 0.1) is 17.7 Å². The molecule has 5 heteroatoms. The number of benzene rings is 2. The number of aromatic nitrogens is 1. The lowest BCUT2D eigenvalue weighted by atomic mass is 10.1. The Labute approximate surface area is 139 Å². The van der Waals surface area contributed by atoms with Crippen molar-refractivity contribution in [3.8, 4) is 0 Å². The predicted octanol–water partition coefficient (Wildman–Crippen LogP) is 2.91. The largest absolute Gasteiger partial charge is 0.343 e. The molecule has 0 aliphatic rings. The molecule has 0 aliphatic carbocycles. The number of nitrogens with zero attached hydrogens (tertiary/aromatic N) is 1. The number of hydrogen-bond acceptors (Lipinski definition) is 3. The van der Waals surface area contributed by atoms with E-state index in [1.54, 1.807) is 24.4 Å². The number of pyridine rings is 1.